The Morgan fingerprint density at radius 3 is 2.88 bits per heavy atom. The summed E-state index contributed by atoms with van der Waals surface area (Å²) < 4.78 is 15.2. The van der Waals surface area contributed by atoms with E-state index in [1.54, 1.807) is 19.9 Å². The Kier molecular flexibility index (Phi) is 5.45. The maximum Gasteiger partial charge on any atom is 0.333 e. The van der Waals surface area contributed by atoms with Crippen molar-refractivity contribution in [2.75, 3.05) is 26.4 Å². The third-order valence-electron chi connectivity index (χ3n) is 2.28. The number of aliphatic hydroxyl groups is 1. The van der Waals surface area contributed by atoms with Crippen LogP contribution in [0.15, 0.2) is 11.6 Å². The van der Waals surface area contributed by atoms with Crippen LogP contribution in [0, 0.1) is 0 Å². The van der Waals surface area contributed by atoms with Crippen LogP contribution in [0.3, 0.4) is 0 Å². The maximum absolute atomic E-state index is 11.3. The zero-order chi connectivity index (χ0) is 12.0. The van der Waals surface area contributed by atoms with Crippen LogP contribution in [0.4, 0.5) is 0 Å². The normalized spacial score (nSPS) is 21.7. The molecule has 1 aliphatic rings. The molecule has 16 heavy (non-hydrogen) atoms. The van der Waals surface area contributed by atoms with Gasteiger partial charge in [-0.3, -0.25) is 0 Å². The van der Waals surface area contributed by atoms with Gasteiger partial charge in [-0.2, -0.15) is 0 Å². The van der Waals surface area contributed by atoms with E-state index in [1.807, 2.05) is 0 Å². The van der Waals surface area contributed by atoms with Crippen molar-refractivity contribution in [2.24, 2.45) is 0 Å². The Morgan fingerprint density at radius 2 is 2.38 bits per heavy atom. The number of hydrogen-bond donors (Lipinski definition) is 1. The van der Waals surface area contributed by atoms with Gasteiger partial charge in [0.05, 0.1) is 19.8 Å². The molecule has 1 rings (SSSR count). The predicted molar refractivity (Wildman–Crippen MR) is 57.0 cm³/mol. The summed E-state index contributed by atoms with van der Waals surface area (Å²) in [6.07, 6.45) is 1.34. The Morgan fingerprint density at radius 1 is 1.69 bits per heavy atom. The summed E-state index contributed by atoms with van der Waals surface area (Å²) in [5.41, 5.74) is 0.544. The highest BCUT2D eigenvalue weighted by atomic mass is 16.6. The number of hydrogen-bond acceptors (Lipinski definition) is 5. The third kappa shape index (κ3) is 4.74. The molecule has 0 aromatic heterocycles. The van der Waals surface area contributed by atoms with E-state index in [2.05, 4.69) is 0 Å². The van der Waals surface area contributed by atoms with Crippen molar-refractivity contribution in [3.8, 4) is 0 Å². The first-order chi connectivity index (χ1) is 7.67. The van der Waals surface area contributed by atoms with Gasteiger partial charge in [-0.1, -0.05) is 6.08 Å². The van der Waals surface area contributed by atoms with Crippen LogP contribution in [0.2, 0.25) is 0 Å². The third-order valence-corrected chi connectivity index (χ3v) is 2.28. The number of carbonyl (C=O) groups excluding carboxylic acids is 1. The quantitative estimate of drug-likeness (QED) is 0.386. The fraction of sp³-hybridized carbons (Fsp3) is 0.727. The van der Waals surface area contributed by atoms with Gasteiger partial charge in [0.2, 0.25) is 0 Å². The summed E-state index contributed by atoms with van der Waals surface area (Å²) in [4.78, 5) is 11.3. The fourth-order valence-electron chi connectivity index (χ4n) is 0.962. The number of allylic oxidation sites excluding steroid dienone is 1. The SMILES string of the molecule is CC=C(C)C(=O)OCC(CO)OCC1CO1. The molecule has 0 radical (unpaired) electrons. The summed E-state index contributed by atoms with van der Waals surface area (Å²) >= 11 is 0. The zero-order valence-electron chi connectivity index (χ0n) is 9.64. The lowest BCUT2D eigenvalue weighted by Crippen LogP contribution is -2.27. The van der Waals surface area contributed by atoms with E-state index in [0.29, 0.717) is 18.8 Å². The molecule has 0 bridgehead atoms. The number of rotatable bonds is 7. The molecular weight excluding hydrogens is 212 g/mol. The molecule has 0 amide bonds. The lowest BCUT2D eigenvalue weighted by Gasteiger charge is -2.14. The Bertz CT molecular complexity index is 257. The van der Waals surface area contributed by atoms with Gasteiger partial charge >= 0.3 is 5.97 Å². The van der Waals surface area contributed by atoms with Crippen LogP contribution < -0.4 is 0 Å². The molecular formula is C11H18O5. The van der Waals surface area contributed by atoms with E-state index >= 15 is 0 Å². The van der Waals surface area contributed by atoms with Crippen molar-refractivity contribution in [1.82, 2.24) is 0 Å². The van der Waals surface area contributed by atoms with Crippen molar-refractivity contribution in [3.63, 3.8) is 0 Å². The largest absolute Gasteiger partial charge is 0.459 e. The topological polar surface area (TPSA) is 68.3 Å². The summed E-state index contributed by atoms with van der Waals surface area (Å²) in [5.74, 6) is -0.382. The minimum absolute atomic E-state index is 0.0627. The van der Waals surface area contributed by atoms with E-state index in [9.17, 15) is 4.79 Å². The van der Waals surface area contributed by atoms with Crippen LogP contribution in [-0.2, 0) is 19.0 Å². The van der Waals surface area contributed by atoms with E-state index in [0.717, 1.165) is 0 Å². The fourth-order valence-corrected chi connectivity index (χ4v) is 0.962. The Labute approximate surface area is 95.0 Å². The summed E-state index contributed by atoms with van der Waals surface area (Å²) in [7, 11) is 0. The summed E-state index contributed by atoms with van der Waals surface area (Å²) in [6.45, 7) is 4.47. The first-order valence-corrected chi connectivity index (χ1v) is 5.31. The molecule has 92 valence electrons. The monoisotopic (exact) mass is 230 g/mol. The minimum atomic E-state index is -0.474. The van der Waals surface area contributed by atoms with Gasteiger partial charge in [0.1, 0.15) is 18.8 Å². The highest BCUT2D eigenvalue weighted by Crippen LogP contribution is 2.10. The van der Waals surface area contributed by atoms with Gasteiger partial charge in [-0.05, 0) is 13.8 Å². The van der Waals surface area contributed by atoms with Gasteiger partial charge < -0.3 is 19.3 Å². The van der Waals surface area contributed by atoms with E-state index in [4.69, 9.17) is 19.3 Å². The number of epoxide rings is 1. The molecule has 1 aliphatic heterocycles. The average Bonchev–Trinajstić information content (AvgIpc) is 3.11. The number of aliphatic hydroxyl groups excluding tert-OH is 1. The number of ether oxygens (including phenoxy) is 3. The van der Waals surface area contributed by atoms with Gasteiger partial charge in [0.15, 0.2) is 0 Å². The molecule has 1 N–H and O–H groups in total. The van der Waals surface area contributed by atoms with Crippen LogP contribution in [-0.4, -0.2) is 49.7 Å². The minimum Gasteiger partial charge on any atom is -0.459 e. The second kappa shape index (κ2) is 6.62. The van der Waals surface area contributed by atoms with Crippen molar-refractivity contribution in [3.05, 3.63) is 11.6 Å². The first-order valence-electron chi connectivity index (χ1n) is 5.31. The smallest absolute Gasteiger partial charge is 0.333 e. The predicted octanol–water partition coefficient (Wildman–Crippen LogP) is 0.272. The van der Waals surface area contributed by atoms with Gasteiger partial charge in [-0.25, -0.2) is 4.79 Å². The van der Waals surface area contributed by atoms with Gasteiger partial charge in [-0.15, -0.1) is 0 Å². The van der Waals surface area contributed by atoms with Crippen LogP contribution in [0.25, 0.3) is 0 Å². The molecule has 1 saturated heterocycles. The first kappa shape index (κ1) is 13.2. The van der Waals surface area contributed by atoms with E-state index in [1.165, 1.54) is 0 Å². The van der Waals surface area contributed by atoms with Crippen LogP contribution in [0.1, 0.15) is 13.8 Å². The zero-order valence-corrected chi connectivity index (χ0v) is 9.64. The van der Waals surface area contributed by atoms with Crippen molar-refractivity contribution in [2.45, 2.75) is 26.1 Å². The Hall–Kier alpha value is -0.910. The number of carbonyl (C=O) groups is 1. The van der Waals surface area contributed by atoms with E-state index < -0.39 is 6.10 Å². The lowest BCUT2D eigenvalue weighted by molar-refractivity contribution is -0.144. The molecule has 1 heterocycles. The highest BCUT2D eigenvalue weighted by Gasteiger charge is 2.24. The molecule has 0 aliphatic carbocycles. The van der Waals surface area contributed by atoms with Crippen LogP contribution in [0.5, 0.6) is 0 Å². The van der Waals surface area contributed by atoms with Crippen molar-refractivity contribution < 1.29 is 24.1 Å². The number of esters is 1. The summed E-state index contributed by atoms with van der Waals surface area (Å²) in [6, 6.07) is 0. The molecule has 5 nitrogen and oxygen atoms in total. The molecule has 2 unspecified atom stereocenters. The second-order valence-electron chi connectivity index (χ2n) is 3.66. The van der Waals surface area contributed by atoms with Crippen molar-refractivity contribution in [1.29, 1.82) is 0 Å². The lowest BCUT2D eigenvalue weighted by atomic mass is 10.3. The molecule has 1 fully saturated rings. The standard InChI is InChI=1S/C11H18O5/c1-3-8(2)11(13)16-5-9(4-12)14-6-10-7-15-10/h3,9-10,12H,4-7H2,1-2H3. The van der Waals surface area contributed by atoms with Gasteiger partial charge in [0.25, 0.3) is 0 Å². The molecule has 2 atom stereocenters. The van der Waals surface area contributed by atoms with E-state index in [-0.39, 0.29) is 25.3 Å². The van der Waals surface area contributed by atoms with Gasteiger partial charge in [0, 0.05) is 5.57 Å². The molecule has 0 aromatic carbocycles. The molecule has 0 saturated carbocycles. The second-order valence-corrected chi connectivity index (χ2v) is 3.66. The van der Waals surface area contributed by atoms with Crippen LogP contribution >= 0.6 is 0 Å². The maximum atomic E-state index is 11.3. The van der Waals surface area contributed by atoms with Crippen molar-refractivity contribution >= 4 is 5.97 Å². The highest BCUT2D eigenvalue weighted by molar-refractivity contribution is 5.87. The molecule has 0 aromatic rings. The summed E-state index contributed by atoms with van der Waals surface area (Å²) in [5, 5.41) is 9.00. The Balaban J connectivity index is 2.18. The molecule has 0 spiro atoms. The average molecular weight is 230 g/mol. The molecule has 5 heteroatoms.